The van der Waals surface area contributed by atoms with Crippen molar-refractivity contribution in [2.45, 2.75) is 86.1 Å². The molecule has 0 amide bonds. The molecule has 0 spiro atoms. The maximum atomic E-state index is 5.53. The molecule has 1 heterocycles. The third-order valence-electron chi connectivity index (χ3n) is 4.34. The first-order valence-corrected chi connectivity index (χ1v) is 9.69. The number of nitrogens with zero attached hydrogens (tertiary/aromatic N) is 1. The number of rotatable bonds is 10. The average molecular weight is 344 g/mol. The Bertz CT molecular complexity index is 557. The maximum Gasteiger partial charge on any atom is 0.208 e. The zero-order chi connectivity index (χ0) is 18.7. The average Bonchev–Trinajstić information content (AvgIpc) is 2.91. The lowest BCUT2D eigenvalue weighted by Crippen LogP contribution is -1.99. The van der Waals surface area contributed by atoms with Gasteiger partial charge in [0.15, 0.2) is 0 Å². The van der Waals surface area contributed by atoms with Crippen LogP contribution in [0, 0.1) is 0 Å². The van der Waals surface area contributed by atoms with E-state index in [0.29, 0.717) is 6.04 Å². The molecule has 1 aliphatic heterocycles. The molecule has 0 bridgehead atoms. The standard InChI is InChI=1S/C23H37NO/c1-18(2)10-7-11-19(3)12-8-13-20(4)14-9-15-21(5)16-23-24-22(6)17-25-23/h10,12,14,16,22H,7-9,11,13,15,17H2,1-6H3/b19-12+,20-14+,21-16+/t22-/m0/s1. The van der Waals surface area contributed by atoms with E-state index in [1.54, 1.807) is 0 Å². The summed E-state index contributed by atoms with van der Waals surface area (Å²) in [6.45, 7) is 13.8. The molecule has 0 radical (unpaired) electrons. The molecule has 140 valence electrons. The van der Waals surface area contributed by atoms with Crippen molar-refractivity contribution in [1.82, 2.24) is 0 Å². The SMILES string of the molecule is CC(C)=CCC/C(C)=C/CC/C(C)=C/CC/C(C)=C/C1=N[C@@H](C)CO1. The second-order valence-corrected chi connectivity index (χ2v) is 7.62. The summed E-state index contributed by atoms with van der Waals surface area (Å²) in [5, 5.41) is 0. The molecule has 0 aromatic carbocycles. The van der Waals surface area contributed by atoms with Crippen LogP contribution in [0.15, 0.2) is 51.6 Å². The van der Waals surface area contributed by atoms with Gasteiger partial charge in [-0.05, 0) is 86.1 Å². The Hall–Kier alpha value is -1.57. The molecule has 1 atom stereocenters. The summed E-state index contributed by atoms with van der Waals surface area (Å²) in [7, 11) is 0. The van der Waals surface area contributed by atoms with Crippen molar-refractivity contribution in [1.29, 1.82) is 0 Å². The minimum Gasteiger partial charge on any atom is -0.476 e. The first kappa shape index (κ1) is 21.5. The van der Waals surface area contributed by atoms with Gasteiger partial charge in [-0.25, -0.2) is 4.99 Å². The van der Waals surface area contributed by atoms with Gasteiger partial charge in [-0.3, -0.25) is 0 Å². The molecule has 2 nitrogen and oxygen atoms in total. The Morgan fingerprint density at radius 1 is 0.880 bits per heavy atom. The quantitative estimate of drug-likeness (QED) is 0.393. The minimum atomic E-state index is 0.305. The second-order valence-electron chi connectivity index (χ2n) is 7.62. The summed E-state index contributed by atoms with van der Waals surface area (Å²) in [5.74, 6) is 0.805. The molecule has 0 aromatic heterocycles. The van der Waals surface area contributed by atoms with Crippen molar-refractivity contribution >= 4 is 5.90 Å². The van der Waals surface area contributed by atoms with E-state index >= 15 is 0 Å². The van der Waals surface area contributed by atoms with Gasteiger partial charge in [0.25, 0.3) is 0 Å². The summed E-state index contributed by atoms with van der Waals surface area (Å²) in [4.78, 5) is 4.45. The molecule has 0 fully saturated rings. The first-order chi connectivity index (χ1) is 11.9. The summed E-state index contributed by atoms with van der Waals surface area (Å²) in [5.41, 5.74) is 5.75. The molecule has 0 aliphatic carbocycles. The number of hydrogen-bond donors (Lipinski definition) is 0. The highest BCUT2D eigenvalue weighted by Gasteiger charge is 2.11. The van der Waals surface area contributed by atoms with Crippen LogP contribution >= 0.6 is 0 Å². The van der Waals surface area contributed by atoms with Gasteiger partial charge in [0.05, 0.1) is 6.04 Å². The molecule has 0 saturated heterocycles. The molecule has 0 saturated carbocycles. The van der Waals surface area contributed by atoms with E-state index in [4.69, 9.17) is 4.74 Å². The highest BCUT2D eigenvalue weighted by atomic mass is 16.5. The van der Waals surface area contributed by atoms with Crippen LogP contribution in [0.4, 0.5) is 0 Å². The third-order valence-corrected chi connectivity index (χ3v) is 4.34. The van der Waals surface area contributed by atoms with Gasteiger partial charge in [0.2, 0.25) is 5.90 Å². The van der Waals surface area contributed by atoms with Gasteiger partial charge >= 0.3 is 0 Å². The van der Waals surface area contributed by atoms with E-state index in [9.17, 15) is 0 Å². The Balaban J connectivity index is 2.26. The van der Waals surface area contributed by atoms with Crippen molar-refractivity contribution in [3.63, 3.8) is 0 Å². The van der Waals surface area contributed by atoms with Crippen LogP contribution in [0.3, 0.4) is 0 Å². The Kier molecular flexibility index (Phi) is 10.2. The van der Waals surface area contributed by atoms with Gasteiger partial charge < -0.3 is 4.74 Å². The molecular weight excluding hydrogens is 306 g/mol. The third kappa shape index (κ3) is 10.8. The highest BCUT2D eigenvalue weighted by Crippen LogP contribution is 2.14. The highest BCUT2D eigenvalue weighted by molar-refractivity contribution is 5.89. The van der Waals surface area contributed by atoms with Crippen LogP contribution in [0.1, 0.15) is 80.1 Å². The maximum absolute atomic E-state index is 5.53. The minimum absolute atomic E-state index is 0.305. The van der Waals surface area contributed by atoms with Crippen molar-refractivity contribution in [2.24, 2.45) is 4.99 Å². The zero-order valence-electron chi connectivity index (χ0n) is 17.2. The van der Waals surface area contributed by atoms with E-state index in [-0.39, 0.29) is 0 Å². The normalized spacial score (nSPS) is 18.9. The van der Waals surface area contributed by atoms with Gasteiger partial charge in [-0.1, -0.05) is 40.5 Å². The van der Waals surface area contributed by atoms with E-state index in [0.717, 1.165) is 38.2 Å². The van der Waals surface area contributed by atoms with Crippen LogP contribution in [-0.2, 0) is 4.74 Å². The van der Waals surface area contributed by atoms with Crippen LogP contribution in [0.25, 0.3) is 0 Å². The van der Waals surface area contributed by atoms with Gasteiger partial charge in [-0.2, -0.15) is 0 Å². The molecule has 0 aromatic rings. The molecule has 2 heteroatoms. The smallest absolute Gasteiger partial charge is 0.208 e. The van der Waals surface area contributed by atoms with E-state index in [1.807, 2.05) is 0 Å². The van der Waals surface area contributed by atoms with Gasteiger partial charge in [-0.15, -0.1) is 0 Å². The fraction of sp³-hybridized carbons (Fsp3) is 0.609. The lowest BCUT2D eigenvalue weighted by atomic mass is 10.0. The fourth-order valence-corrected chi connectivity index (χ4v) is 2.74. The monoisotopic (exact) mass is 343 g/mol. The van der Waals surface area contributed by atoms with Gasteiger partial charge in [0, 0.05) is 0 Å². The number of hydrogen-bond acceptors (Lipinski definition) is 2. The summed E-state index contributed by atoms with van der Waals surface area (Å²) >= 11 is 0. The summed E-state index contributed by atoms with van der Waals surface area (Å²) < 4.78 is 5.53. The van der Waals surface area contributed by atoms with E-state index < -0.39 is 0 Å². The van der Waals surface area contributed by atoms with Crippen molar-refractivity contribution in [3.8, 4) is 0 Å². The first-order valence-electron chi connectivity index (χ1n) is 9.69. The summed E-state index contributed by atoms with van der Waals surface area (Å²) in [6.07, 6.45) is 16.0. The molecule has 1 rings (SSSR count). The fourth-order valence-electron chi connectivity index (χ4n) is 2.74. The predicted octanol–water partition coefficient (Wildman–Crippen LogP) is 6.95. The number of allylic oxidation sites excluding steroid dienone is 7. The molecular formula is C23H37NO. The zero-order valence-corrected chi connectivity index (χ0v) is 17.2. The Morgan fingerprint density at radius 3 is 1.88 bits per heavy atom. The topological polar surface area (TPSA) is 21.6 Å². The van der Waals surface area contributed by atoms with Crippen LogP contribution in [-0.4, -0.2) is 18.5 Å². The van der Waals surface area contributed by atoms with E-state index in [2.05, 4.69) is 70.8 Å². The Labute approximate surface area is 155 Å². The lowest BCUT2D eigenvalue weighted by molar-refractivity contribution is 0.325. The predicted molar refractivity (Wildman–Crippen MR) is 111 cm³/mol. The van der Waals surface area contributed by atoms with Crippen molar-refractivity contribution < 1.29 is 4.74 Å². The van der Waals surface area contributed by atoms with Crippen LogP contribution < -0.4 is 0 Å². The molecule has 25 heavy (non-hydrogen) atoms. The molecule has 0 N–H and O–H groups in total. The summed E-state index contributed by atoms with van der Waals surface area (Å²) in [6, 6.07) is 0.305. The van der Waals surface area contributed by atoms with Gasteiger partial charge in [0.1, 0.15) is 6.61 Å². The molecule has 0 unspecified atom stereocenters. The largest absolute Gasteiger partial charge is 0.476 e. The van der Waals surface area contributed by atoms with Crippen molar-refractivity contribution in [3.05, 3.63) is 46.6 Å². The van der Waals surface area contributed by atoms with Crippen LogP contribution in [0.2, 0.25) is 0 Å². The number of aliphatic imine (C=N–C) groups is 1. The van der Waals surface area contributed by atoms with Crippen molar-refractivity contribution in [2.75, 3.05) is 6.61 Å². The number of ether oxygens (including phenoxy) is 1. The van der Waals surface area contributed by atoms with E-state index in [1.165, 1.54) is 35.1 Å². The second kappa shape index (κ2) is 11.9. The Morgan fingerprint density at radius 2 is 1.40 bits per heavy atom. The molecule has 1 aliphatic rings. The lowest BCUT2D eigenvalue weighted by Gasteiger charge is -2.03. The van der Waals surface area contributed by atoms with Crippen LogP contribution in [0.5, 0.6) is 0 Å².